The van der Waals surface area contributed by atoms with Crippen molar-refractivity contribution >= 4 is 56.9 Å². The van der Waals surface area contributed by atoms with Crippen LogP contribution < -0.4 is 21.2 Å². The van der Waals surface area contributed by atoms with Crippen molar-refractivity contribution in [3.8, 4) is 22.3 Å². The number of hydrogen-bond donors (Lipinski definition) is 0. The highest BCUT2D eigenvalue weighted by Gasteiger charge is 2.39. The summed E-state index contributed by atoms with van der Waals surface area (Å²) in [6.45, 7) is 0. The van der Waals surface area contributed by atoms with Crippen LogP contribution in [0.5, 0.6) is 0 Å². The molecule has 0 aromatic heterocycles. The Hall–Kier alpha value is -3.13. The van der Waals surface area contributed by atoms with Crippen LogP contribution in [0.15, 0.2) is 92.6 Å². The summed E-state index contributed by atoms with van der Waals surface area (Å²) in [5, 5.41) is 3.78. The number of thioether (sulfide) groups is 2. The monoisotopic (exact) mass is 508 g/mol. The summed E-state index contributed by atoms with van der Waals surface area (Å²) in [5.74, 6) is 0. The number of fused-ring (bicyclic) bond motifs is 10. The van der Waals surface area contributed by atoms with Gasteiger partial charge in [-0.25, -0.2) is 18.4 Å². The molecule has 4 heterocycles. The number of nitrogens with zero attached hydrogens (tertiary/aromatic N) is 2. The molecular weight excluding hydrogens is 493 g/mol. The van der Waals surface area contributed by atoms with Gasteiger partial charge in [0.05, 0.1) is 22.1 Å². The summed E-state index contributed by atoms with van der Waals surface area (Å²) in [6.07, 6.45) is 3.81. The molecule has 0 saturated carbocycles. The molecule has 2 unspecified atom stereocenters. The van der Waals surface area contributed by atoms with Gasteiger partial charge < -0.3 is 0 Å². The fourth-order valence-electron chi connectivity index (χ4n) is 5.27. The van der Waals surface area contributed by atoms with E-state index >= 15 is 0 Å². The third-order valence-electron chi connectivity index (χ3n) is 6.91. The van der Waals surface area contributed by atoms with Crippen molar-refractivity contribution in [1.82, 2.24) is 0 Å². The van der Waals surface area contributed by atoms with Crippen LogP contribution in [0.3, 0.4) is 0 Å². The first kappa shape index (κ1) is 20.1. The minimum Gasteiger partial charge on any atom is -0.248 e. The fourth-order valence-corrected chi connectivity index (χ4v) is 10.9. The van der Waals surface area contributed by atoms with E-state index in [1.807, 2.05) is 72.8 Å². The zero-order valence-corrected chi connectivity index (χ0v) is 20.6. The molecule has 4 aromatic rings. The molecule has 7 heteroatoms. The van der Waals surface area contributed by atoms with Crippen molar-refractivity contribution in [3.05, 3.63) is 93.9 Å². The minimum absolute atomic E-state index is 0.634. The van der Waals surface area contributed by atoms with E-state index in [2.05, 4.69) is 12.1 Å². The number of para-hydroxylation sites is 2. The molecule has 0 fully saturated rings. The van der Waals surface area contributed by atoms with E-state index in [0.29, 0.717) is 0 Å². The van der Waals surface area contributed by atoms with Crippen molar-refractivity contribution in [2.75, 3.05) is 0 Å². The van der Waals surface area contributed by atoms with E-state index in [9.17, 15) is 8.42 Å². The molecular formula is C28H16N2O2S3. The van der Waals surface area contributed by atoms with E-state index in [1.54, 1.807) is 0 Å². The molecule has 0 spiro atoms. The molecule has 0 radical (unpaired) electrons. The van der Waals surface area contributed by atoms with Gasteiger partial charge in [-0.2, -0.15) is 0 Å². The molecule has 2 atom stereocenters. The molecule has 168 valence electrons. The second-order valence-electron chi connectivity index (χ2n) is 8.91. The second kappa shape index (κ2) is 6.97. The Morgan fingerprint density at radius 3 is 1.54 bits per heavy atom. The molecule has 4 aliphatic rings. The molecule has 0 aliphatic carbocycles. The number of benzene rings is 4. The summed E-state index contributed by atoms with van der Waals surface area (Å²) in [6, 6.07) is 24.1. The van der Waals surface area contributed by atoms with Gasteiger partial charge in [0.25, 0.3) is 0 Å². The van der Waals surface area contributed by atoms with Gasteiger partial charge in [-0.3, -0.25) is 0 Å². The largest absolute Gasteiger partial charge is 0.248 e. The van der Waals surface area contributed by atoms with Gasteiger partial charge in [-0.15, -0.1) is 23.5 Å². The van der Waals surface area contributed by atoms with Gasteiger partial charge in [0.2, 0.25) is 0 Å². The van der Waals surface area contributed by atoms with Crippen molar-refractivity contribution in [3.63, 3.8) is 0 Å². The van der Waals surface area contributed by atoms with Crippen LogP contribution in [0.2, 0.25) is 0 Å². The number of rotatable bonds is 2. The second-order valence-corrected chi connectivity index (χ2v) is 14.0. The molecule has 0 saturated heterocycles. The standard InChI is InChI=1S/C28H16N2O2S3/c31-35(32,23-13-15-9-11-21-25(27(15)33-23)17-5-1-3-7-19(17)29-21)24-14-16-10-12-22-26(28(16)34-24)18-6-2-4-8-20(18)30-22/h1-14,23-24H. The lowest BCUT2D eigenvalue weighted by Gasteiger charge is -2.15. The first-order valence-electron chi connectivity index (χ1n) is 11.3. The first-order valence-corrected chi connectivity index (χ1v) is 14.7. The Balaban J connectivity index is 1.18. The SMILES string of the molecule is O=S(=O)(C1C=c2ccc3c(c2S1)-c1ccccc1N=3)C1C=c2ccc3c(c2S1)-c1ccccc1N=3. The predicted molar refractivity (Wildman–Crippen MR) is 142 cm³/mol. The molecule has 35 heavy (non-hydrogen) atoms. The van der Waals surface area contributed by atoms with E-state index < -0.39 is 19.0 Å². The lowest BCUT2D eigenvalue weighted by Crippen LogP contribution is -2.23. The third-order valence-corrected chi connectivity index (χ3v) is 12.7. The summed E-state index contributed by atoms with van der Waals surface area (Å²) in [7, 11) is -3.51. The zero-order chi connectivity index (χ0) is 23.3. The van der Waals surface area contributed by atoms with Crippen LogP contribution in [0, 0.1) is 0 Å². The van der Waals surface area contributed by atoms with Crippen LogP contribution >= 0.6 is 23.5 Å². The lowest BCUT2D eigenvalue weighted by atomic mass is 10.0. The van der Waals surface area contributed by atoms with Gasteiger partial charge in [0.1, 0.15) is 9.16 Å². The normalized spacial score (nSPS) is 19.8. The highest BCUT2D eigenvalue weighted by atomic mass is 32.3. The smallest absolute Gasteiger partial charge is 0.182 e. The third kappa shape index (κ3) is 2.74. The first-order chi connectivity index (χ1) is 17.1. The van der Waals surface area contributed by atoms with E-state index in [4.69, 9.17) is 9.98 Å². The molecule has 8 rings (SSSR count). The van der Waals surface area contributed by atoms with Crippen LogP contribution in [0.4, 0.5) is 11.4 Å². The van der Waals surface area contributed by atoms with E-state index in [1.165, 1.54) is 23.5 Å². The average Bonchev–Trinajstić information content (AvgIpc) is 3.64. The quantitative estimate of drug-likeness (QED) is 0.354. The maximum absolute atomic E-state index is 13.9. The van der Waals surface area contributed by atoms with Crippen LogP contribution in [-0.4, -0.2) is 17.6 Å². The topological polar surface area (TPSA) is 58.9 Å². The van der Waals surface area contributed by atoms with Gasteiger partial charge in [-0.05, 0) is 46.9 Å². The summed E-state index contributed by atoms with van der Waals surface area (Å²) < 4.78 is 26.6. The Bertz CT molecular complexity index is 1860. The lowest BCUT2D eigenvalue weighted by molar-refractivity contribution is 0.600. The molecule has 4 aromatic carbocycles. The van der Waals surface area contributed by atoms with Crippen molar-refractivity contribution < 1.29 is 8.42 Å². The Kier molecular flexibility index (Phi) is 4.00. The number of sulfone groups is 1. The Morgan fingerprint density at radius 1 is 0.600 bits per heavy atom. The van der Waals surface area contributed by atoms with Crippen molar-refractivity contribution in [2.45, 2.75) is 19.0 Å². The molecule has 4 nitrogen and oxygen atoms in total. The average molecular weight is 509 g/mol. The molecule has 0 N–H and O–H groups in total. The van der Waals surface area contributed by atoms with Crippen molar-refractivity contribution in [2.24, 2.45) is 9.98 Å². The van der Waals surface area contributed by atoms with Gasteiger partial charge in [0, 0.05) is 32.0 Å². The van der Waals surface area contributed by atoms with Crippen molar-refractivity contribution in [1.29, 1.82) is 0 Å². The fraction of sp³-hybridized carbons (Fsp3) is 0.0714. The summed E-state index contributed by atoms with van der Waals surface area (Å²) in [5.41, 5.74) is 6.14. The van der Waals surface area contributed by atoms with Gasteiger partial charge in [-0.1, -0.05) is 48.5 Å². The molecule has 0 bridgehead atoms. The van der Waals surface area contributed by atoms with E-state index in [0.717, 1.165) is 64.6 Å². The highest BCUT2D eigenvalue weighted by Crippen LogP contribution is 2.46. The van der Waals surface area contributed by atoms with Crippen LogP contribution in [0.25, 0.3) is 34.4 Å². The summed E-state index contributed by atoms with van der Waals surface area (Å²) in [4.78, 5) is 11.5. The van der Waals surface area contributed by atoms with Crippen LogP contribution in [-0.2, 0) is 9.84 Å². The Labute approximate surface area is 209 Å². The number of hydrogen-bond acceptors (Lipinski definition) is 6. The predicted octanol–water partition coefficient (Wildman–Crippen LogP) is 4.09. The summed E-state index contributed by atoms with van der Waals surface area (Å²) >= 11 is 2.87. The molecule has 4 aliphatic heterocycles. The zero-order valence-electron chi connectivity index (χ0n) is 18.2. The van der Waals surface area contributed by atoms with Gasteiger partial charge >= 0.3 is 0 Å². The van der Waals surface area contributed by atoms with Gasteiger partial charge in [0.15, 0.2) is 9.84 Å². The maximum atomic E-state index is 13.9. The minimum atomic E-state index is -3.51. The highest BCUT2D eigenvalue weighted by molar-refractivity contribution is 8.21. The Morgan fingerprint density at radius 2 is 1.06 bits per heavy atom. The maximum Gasteiger partial charge on any atom is 0.182 e. The molecule has 0 amide bonds. The van der Waals surface area contributed by atoms with E-state index in [-0.39, 0.29) is 0 Å². The van der Waals surface area contributed by atoms with Crippen LogP contribution in [0.1, 0.15) is 0 Å².